The molecule has 5 nitrogen and oxygen atoms in total. The summed E-state index contributed by atoms with van der Waals surface area (Å²) in [5, 5.41) is 2.71. The highest BCUT2D eigenvalue weighted by Gasteiger charge is 2.31. The van der Waals surface area contributed by atoms with Gasteiger partial charge in [0.05, 0.1) is 16.5 Å². The van der Waals surface area contributed by atoms with Crippen LogP contribution in [0.2, 0.25) is 0 Å². The zero-order valence-electron chi connectivity index (χ0n) is 8.94. The van der Waals surface area contributed by atoms with Crippen molar-refractivity contribution in [3.8, 4) is 0 Å². The van der Waals surface area contributed by atoms with Crippen LogP contribution in [0.15, 0.2) is 23.1 Å². The number of sulfonamides is 1. The van der Waals surface area contributed by atoms with Gasteiger partial charge in [-0.2, -0.15) is 4.72 Å². The zero-order valence-corrected chi connectivity index (χ0v) is 10.6. The average molecular weight is 278 g/mol. The Morgan fingerprint density at radius 2 is 2.18 bits per heavy atom. The lowest BCUT2D eigenvalue weighted by molar-refractivity contribution is 0.573. The van der Waals surface area contributed by atoms with Crippen molar-refractivity contribution in [3.05, 3.63) is 24.0 Å². The van der Waals surface area contributed by atoms with E-state index in [9.17, 15) is 17.0 Å². The van der Waals surface area contributed by atoms with Gasteiger partial charge in [-0.05, 0) is 18.2 Å². The maximum Gasteiger partial charge on any atom is 0.245 e. The molecule has 0 spiro atoms. The van der Waals surface area contributed by atoms with Crippen LogP contribution in [0.4, 0.5) is 10.1 Å². The molecule has 1 heterocycles. The Morgan fingerprint density at radius 1 is 1.47 bits per heavy atom. The van der Waals surface area contributed by atoms with Crippen molar-refractivity contribution in [3.63, 3.8) is 0 Å². The second kappa shape index (κ2) is 4.35. The fraction of sp³-hybridized carbons (Fsp3) is 0.333. The Morgan fingerprint density at radius 3 is 2.82 bits per heavy atom. The van der Waals surface area contributed by atoms with E-state index in [-0.39, 0.29) is 10.6 Å². The number of halogens is 1. The van der Waals surface area contributed by atoms with Crippen LogP contribution < -0.4 is 10.0 Å². The average Bonchev–Trinajstić information content (AvgIpc) is 2.26. The molecule has 2 rings (SSSR count). The van der Waals surface area contributed by atoms with E-state index in [0.717, 1.165) is 12.1 Å². The first-order valence-electron chi connectivity index (χ1n) is 4.89. The Hall–Kier alpha value is -0.990. The van der Waals surface area contributed by atoms with Gasteiger partial charge in [0.15, 0.2) is 5.50 Å². The van der Waals surface area contributed by atoms with E-state index in [1.165, 1.54) is 6.07 Å². The van der Waals surface area contributed by atoms with Crippen LogP contribution in [0.1, 0.15) is 6.92 Å². The Kier molecular flexibility index (Phi) is 3.19. The van der Waals surface area contributed by atoms with E-state index in [0.29, 0.717) is 5.75 Å². The molecule has 0 saturated carbocycles. The Balaban J connectivity index is 2.49. The minimum Gasteiger partial charge on any atom is -0.357 e. The highest BCUT2D eigenvalue weighted by atomic mass is 32.2. The zero-order chi connectivity index (χ0) is 12.6. The highest BCUT2D eigenvalue weighted by molar-refractivity contribution is 7.92. The van der Waals surface area contributed by atoms with Crippen molar-refractivity contribution in [1.82, 2.24) is 4.72 Å². The molecule has 94 valence electrons. The van der Waals surface area contributed by atoms with Gasteiger partial charge in [0.2, 0.25) is 10.0 Å². The summed E-state index contributed by atoms with van der Waals surface area (Å²) < 4.78 is 50.5. The highest BCUT2D eigenvalue weighted by Crippen LogP contribution is 2.27. The molecule has 1 aliphatic rings. The Bertz CT molecular complexity index is 574. The fourth-order valence-corrected chi connectivity index (χ4v) is 4.03. The van der Waals surface area contributed by atoms with Gasteiger partial charge in [-0.1, -0.05) is 6.92 Å². The third-order valence-electron chi connectivity index (χ3n) is 2.33. The molecule has 17 heavy (non-hydrogen) atoms. The van der Waals surface area contributed by atoms with Crippen LogP contribution in [0, 0.1) is 5.82 Å². The van der Waals surface area contributed by atoms with Gasteiger partial charge >= 0.3 is 0 Å². The van der Waals surface area contributed by atoms with Crippen LogP contribution in [0.5, 0.6) is 0 Å². The van der Waals surface area contributed by atoms with Gasteiger partial charge in [0, 0.05) is 5.75 Å². The van der Waals surface area contributed by atoms with Gasteiger partial charge < -0.3 is 5.32 Å². The number of hydrogen-bond acceptors (Lipinski definition) is 4. The summed E-state index contributed by atoms with van der Waals surface area (Å²) in [6, 6.07) is 3.32. The second-order valence-electron chi connectivity index (χ2n) is 3.46. The molecule has 2 atom stereocenters. The van der Waals surface area contributed by atoms with Crippen LogP contribution >= 0.6 is 0 Å². The lowest BCUT2D eigenvalue weighted by Gasteiger charge is -2.26. The smallest absolute Gasteiger partial charge is 0.245 e. The van der Waals surface area contributed by atoms with Crippen molar-refractivity contribution in [1.29, 1.82) is 0 Å². The largest absolute Gasteiger partial charge is 0.357 e. The first-order valence-corrected chi connectivity index (χ1v) is 7.76. The molecule has 1 aromatic carbocycles. The maximum atomic E-state index is 13.0. The standard InChI is InChI=1S/C9H11FN2O3S2/c1-2-16(13)9-11-7-5-6(10)3-4-8(7)17(14,15)12-9/h3-5,9,11-12H,2H2,1H3. The summed E-state index contributed by atoms with van der Waals surface area (Å²) in [5.74, 6) is -0.250. The molecule has 0 bridgehead atoms. The predicted molar refractivity (Wildman–Crippen MR) is 62.8 cm³/mol. The predicted octanol–water partition coefficient (Wildman–Crippen LogP) is 0.582. The third kappa shape index (κ3) is 2.33. The first-order chi connectivity index (χ1) is 7.94. The number of fused-ring (bicyclic) bond motifs is 1. The molecule has 2 N–H and O–H groups in total. The van der Waals surface area contributed by atoms with E-state index < -0.39 is 32.1 Å². The topological polar surface area (TPSA) is 75.3 Å². The van der Waals surface area contributed by atoms with Gasteiger partial charge in [-0.3, -0.25) is 4.21 Å². The number of anilines is 1. The summed E-state index contributed by atoms with van der Waals surface area (Å²) in [7, 11) is -5.13. The third-order valence-corrected chi connectivity index (χ3v) is 5.29. The monoisotopic (exact) mass is 278 g/mol. The van der Waals surface area contributed by atoms with Crippen molar-refractivity contribution in [2.75, 3.05) is 11.1 Å². The summed E-state index contributed by atoms with van der Waals surface area (Å²) in [4.78, 5) is -0.0387. The molecular formula is C9H11FN2O3S2. The number of hydrogen-bond donors (Lipinski definition) is 2. The summed E-state index contributed by atoms with van der Waals surface area (Å²) in [6.07, 6.45) is 0. The minimum absolute atomic E-state index is 0.0387. The molecule has 1 aliphatic heterocycles. The molecule has 0 aliphatic carbocycles. The van der Waals surface area contributed by atoms with E-state index in [1.807, 2.05) is 0 Å². The molecule has 2 unspecified atom stereocenters. The summed E-state index contributed by atoms with van der Waals surface area (Å²) in [5.41, 5.74) is -0.783. The number of nitrogens with one attached hydrogen (secondary N) is 2. The quantitative estimate of drug-likeness (QED) is 0.830. The number of rotatable bonds is 2. The maximum absolute atomic E-state index is 13.0. The molecule has 1 aromatic rings. The van der Waals surface area contributed by atoms with Crippen LogP contribution in [0.25, 0.3) is 0 Å². The summed E-state index contributed by atoms with van der Waals surface area (Å²) in [6.45, 7) is 1.67. The van der Waals surface area contributed by atoms with E-state index in [1.54, 1.807) is 6.92 Å². The SMILES string of the molecule is CCS(=O)C1Nc2cc(F)ccc2S(=O)(=O)N1. The van der Waals surface area contributed by atoms with Crippen molar-refractivity contribution < 1.29 is 17.0 Å². The van der Waals surface area contributed by atoms with E-state index in [2.05, 4.69) is 10.0 Å². The molecule has 8 heteroatoms. The molecule has 0 saturated heterocycles. The molecule has 0 aromatic heterocycles. The van der Waals surface area contributed by atoms with Crippen molar-refractivity contribution in [2.45, 2.75) is 17.3 Å². The normalized spacial score (nSPS) is 23.5. The van der Waals surface area contributed by atoms with Gasteiger partial charge in [0.25, 0.3) is 0 Å². The molecule has 0 amide bonds. The fourth-order valence-electron chi connectivity index (χ4n) is 1.51. The van der Waals surface area contributed by atoms with Crippen molar-refractivity contribution >= 4 is 26.5 Å². The van der Waals surface area contributed by atoms with E-state index >= 15 is 0 Å². The van der Waals surface area contributed by atoms with Gasteiger partial charge in [0.1, 0.15) is 10.7 Å². The lowest BCUT2D eigenvalue weighted by Crippen LogP contribution is -2.47. The first kappa shape index (κ1) is 12.5. The molecule has 0 radical (unpaired) electrons. The minimum atomic E-state index is -3.74. The van der Waals surface area contributed by atoms with Gasteiger partial charge in [-0.25, -0.2) is 12.8 Å². The van der Waals surface area contributed by atoms with Crippen LogP contribution in [-0.4, -0.2) is 23.9 Å². The van der Waals surface area contributed by atoms with E-state index in [4.69, 9.17) is 0 Å². The van der Waals surface area contributed by atoms with Crippen molar-refractivity contribution in [2.24, 2.45) is 0 Å². The lowest BCUT2D eigenvalue weighted by atomic mass is 10.3. The van der Waals surface area contributed by atoms with Crippen LogP contribution in [0.3, 0.4) is 0 Å². The second-order valence-corrected chi connectivity index (χ2v) is 6.95. The summed E-state index contributed by atoms with van der Waals surface area (Å²) >= 11 is 0. The molecule has 0 fully saturated rings. The number of benzene rings is 1. The van der Waals surface area contributed by atoms with Gasteiger partial charge in [-0.15, -0.1) is 0 Å². The Labute approximate surface area is 101 Å². The van der Waals surface area contributed by atoms with Crippen LogP contribution in [-0.2, 0) is 20.8 Å². The molecular weight excluding hydrogens is 267 g/mol.